The van der Waals surface area contributed by atoms with Crippen LogP contribution in [0.3, 0.4) is 0 Å². The quantitative estimate of drug-likeness (QED) is 0.666. The summed E-state index contributed by atoms with van der Waals surface area (Å²) in [6, 6.07) is 15.0. The Morgan fingerprint density at radius 3 is 2.71 bits per heavy atom. The maximum atomic E-state index is 6.38. The van der Waals surface area contributed by atoms with Crippen LogP contribution in [-0.2, 0) is 6.42 Å². The van der Waals surface area contributed by atoms with Gasteiger partial charge in [0.25, 0.3) is 0 Å². The Bertz CT molecular complexity index is 666. The van der Waals surface area contributed by atoms with Gasteiger partial charge in [0.1, 0.15) is 0 Å². The predicted octanol–water partition coefficient (Wildman–Crippen LogP) is 6.23. The van der Waals surface area contributed by atoms with Gasteiger partial charge in [-0.05, 0) is 47.6 Å². The Morgan fingerprint density at radius 1 is 1.19 bits per heavy atom. The van der Waals surface area contributed by atoms with E-state index < -0.39 is 0 Å². The van der Waals surface area contributed by atoms with Gasteiger partial charge in [-0.15, -0.1) is 0 Å². The van der Waals surface area contributed by atoms with Gasteiger partial charge in [0.05, 0.1) is 16.8 Å². The van der Waals surface area contributed by atoms with E-state index in [0.717, 1.165) is 21.6 Å². The van der Waals surface area contributed by atoms with Crippen molar-refractivity contribution >= 4 is 33.2 Å². The Balaban J connectivity index is 1.99. The van der Waals surface area contributed by atoms with Crippen molar-refractivity contribution in [3.05, 3.63) is 63.1 Å². The second kappa shape index (κ2) is 5.66. The molecule has 1 nitrogen and oxygen atoms in total. The maximum absolute atomic E-state index is 6.38. The van der Waals surface area contributed by atoms with Crippen molar-refractivity contribution in [1.82, 2.24) is 0 Å². The molecule has 3 rings (SSSR count). The average Bonchev–Trinajstić information content (AvgIpc) is 2.44. The summed E-state index contributed by atoms with van der Waals surface area (Å²) in [7, 11) is 0. The van der Waals surface area contributed by atoms with E-state index in [1.165, 1.54) is 17.5 Å². The number of fused-ring (bicyclic) bond motifs is 1. The molecule has 2 aromatic carbocycles. The normalized spacial score (nSPS) is 19.9. The minimum absolute atomic E-state index is 0.199. The highest BCUT2D eigenvalue weighted by molar-refractivity contribution is 9.10. The third-order valence-electron chi connectivity index (χ3n) is 4.42. The van der Waals surface area contributed by atoms with E-state index in [-0.39, 0.29) is 11.5 Å². The van der Waals surface area contributed by atoms with E-state index in [2.05, 4.69) is 59.4 Å². The summed E-state index contributed by atoms with van der Waals surface area (Å²) in [4.78, 5) is 0. The number of halogens is 2. The van der Waals surface area contributed by atoms with Crippen LogP contribution in [0.4, 0.5) is 5.69 Å². The number of anilines is 1. The molecule has 3 heteroatoms. The summed E-state index contributed by atoms with van der Waals surface area (Å²) < 4.78 is 1.00. The van der Waals surface area contributed by atoms with Crippen LogP contribution in [0.15, 0.2) is 46.9 Å². The van der Waals surface area contributed by atoms with Crippen LogP contribution in [0.2, 0.25) is 5.02 Å². The van der Waals surface area contributed by atoms with Crippen molar-refractivity contribution in [2.45, 2.75) is 32.7 Å². The van der Waals surface area contributed by atoms with Gasteiger partial charge in [-0.25, -0.2) is 0 Å². The third-order valence-corrected chi connectivity index (χ3v) is 5.22. The summed E-state index contributed by atoms with van der Waals surface area (Å²) in [5.74, 6) is 0. The van der Waals surface area contributed by atoms with Crippen molar-refractivity contribution in [2.75, 3.05) is 5.32 Å². The summed E-state index contributed by atoms with van der Waals surface area (Å²) >= 11 is 9.83. The first-order valence-electron chi connectivity index (χ1n) is 7.27. The maximum Gasteiger partial charge on any atom is 0.0648 e. The lowest BCUT2D eigenvalue weighted by molar-refractivity contribution is 0.265. The van der Waals surface area contributed by atoms with Gasteiger partial charge in [0.2, 0.25) is 0 Å². The monoisotopic (exact) mass is 363 g/mol. The minimum Gasteiger partial charge on any atom is -0.376 e. The lowest BCUT2D eigenvalue weighted by atomic mass is 9.70. The summed E-state index contributed by atoms with van der Waals surface area (Å²) in [6.07, 6.45) is 2.32. The van der Waals surface area contributed by atoms with E-state index in [0.29, 0.717) is 0 Å². The van der Waals surface area contributed by atoms with E-state index in [4.69, 9.17) is 11.6 Å². The predicted molar refractivity (Wildman–Crippen MR) is 94.1 cm³/mol. The molecule has 0 saturated heterocycles. The molecular formula is C18H19BrClN. The first-order chi connectivity index (χ1) is 9.97. The molecule has 0 aromatic heterocycles. The first-order valence-corrected chi connectivity index (χ1v) is 8.44. The van der Waals surface area contributed by atoms with Crippen molar-refractivity contribution in [2.24, 2.45) is 5.41 Å². The minimum atomic E-state index is 0.199. The van der Waals surface area contributed by atoms with Gasteiger partial charge >= 0.3 is 0 Å². The highest BCUT2D eigenvalue weighted by atomic mass is 79.9. The molecule has 1 N–H and O–H groups in total. The zero-order valence-electron chi connectivity index (χ0n) is 12.3. The Labute approximate surface area is 139 Å². The topological polar surface area (TPSA) is 12.0 Å². The molecular weight excluding hydrogens is 346 g/mol. The largest absolute Gasteiger partial charge is 0.376 e. The number of nitrogens with one attached hydrogen (secondary N) is 1. The summed E-state index contributed by atoms with van der Waals surface area (Å²) in [5.41, 5.74) is 4.04. The molecule has 0 radical (unpaired) electrons. The standard InChI is InChI=1S/C18H19BrClN/c1-18(2)10-9-12-5-3-4-6-14(12)17(18)21-16-8-7-13(19)11-15(16)20/h3-8,11,17,21H,9-10H2,1-2H3. The lowest BCUT2D eigenvalue weighted by Crippen LogP contribution is -2.33. The SMILES string of the molecule is CC1(C)CCc2ccccc2C1Nc1ccc(Br)cc1Cl. The third kappa shape index (κ3) is 2.97. The number of benzene rings is 2. The fourth-order valence-electron chi connectivity index (χ4n) is 3.10. The molecule has 1 aliphatic carbocycles. The molecule has 0 fully saturated rings. The van der Waals surface area contributed by atoms with Crippen molar-refractivity contribution in [3.8, 4) is 0 Å². The lowest BCUT2D eigenvalue weighted by Gasteiger charge is -2.41. The van der Waals surface area contributed by atoms with Crippen molar-refractivity contribution in [1.29, 1.82) is 0 Å². The van der Waals surface area contributed by atoms with Gasteiger partial charge in [-0.3, -0.25) is 0 Å². The fraction of sp³-hybridized carbons (Fsp3) is 0.333. The van der Waals surface area contributed by atoms with Crippen LogP contribution >= 0.6 is 27.5 Å². The molecule has 2 aromatic rings. The van der Waals surface area contributed by atoms with Crippen LogP contribution in [0.5, 0.6) is 0 Å². The van der Waals surface area contributed by atoms with Crippen LogP contribution < -0.4 is 5.32 Å². The molecule has 0 aliphatic heterocycles. The Morgan fingerprint density at radius 2 is 1.95 bits per heavy atom. The van der Waals surface area contributed by atoms with Crippen LogP contribution in [0, 0.1) is 5.41 Å². The second-order valence-corrected chi connectivity index (χ2v) is 7.71. The van der Waals surface area contributed by atoms with E-state index in [1.54, 1.807) is 0 Å². The molecule has 1 aliphatic rings. The van der Waals surface area contributed by atoms with Crippen LogP contribution in [-0.4, -0.2) is 0 Å². The Hall–Kier alpha value is -0.990. The molecule has 0 saturated carbocycles. The van der Waals surface area contributed by atoms with Crippen molar-refractivity contribution in [3.63, 3.8) is 0 Å². The van der Waals surface area contributed by atoms with E-state index >= 15 is 0 Å². The van der Waals surface area contributed by atoms with Crippen molar-refractivity contribution < 1.29 is 0 Å². The number of aryl methyl sites for hydroxylation is 1. The summed E-state index contributed by atoms with van der Waals surface area (Å²) in [5, 5.41) is 4.42. The molecule has 110 valence electrons. The number of rotatable bonds is 2. The van der Waals surface area contributed by atoms with Gasteiger partial charge < -0.3 is 5.32 Å². The van der Waals surface area contributed by atoms with Gasteiger partial charge in [-0.2, -0.15) is 0 Å². The molecule has 1 atom stereocenters. The van der Waals surface area contributed by atoms with Crippen LogP contribution in [0.1, 0.15) is 37.4 Å². The first kappa shape index (κ1) is 14.9. The van der Waals surface area contributed by atoms with Gasteiger partial charge in [-0.1, -0.05) is 65.6 Å². The average molecular weight is 365 g/mol. The van der Waals surface area contributed by atoms with Gasteiger partial charge in [0.15, 0.2) is 0 Å². The summed E-state index contributed by atoms with van der Waals surface area (Å²) in [6.45, 7) is 4.65. The zero-order chi connectivity index (χ0) is 15.0. The van der Waals surface area contributed by atoms with Crippen LogP contribution in [0.25, 0.3) is 0 Å². The second-order valence-electron chi connectivity index (χ2n) is 6.39. The van der Waals surface area contributed by atoms with E-state index in [9.17, 15) is 0 Å². The van der Waals surface area contributed by atoms with Gasteiger partial charge in [0, 0.05) is 4.47 Å². The number of hydrogen-bond acceptors (Lipinski definition) is 1. The number of hydrogen-bond donors (Lipinski definition) is 1. The molecule has 0 bridgehead atoms. The molecule has 0 heterocycles. The Kier molecular flexibility index (Phi) is 4.02. The smallest absolute Gasteiger partial charge is 0.0648 e. The molecule has 0 spiro atoms. The molecule has 21 heavy (non-hydrogen) atoms. The highest BCUT2D eigenvalue weighted by Gasteiger charge is 2.35. The zero-order valence-corrected chi connectivity index (χ0v) is 14.6. The molecule has 1 unspecified atom stereocenters. The fourth-order valence-corrected chi connectivity index (χ4v) is 3.83. The molecule has 0 amide bonds. The highest BCUT2D eigenvalue weighted by Crippen LogP contribution is 2.46. The van der Waals surface area contributed by atoms with E-state index in [1.807, 2.05) is 18.2 Å².